The number of nitrogens with one attached hydrogen (secondary N) is 1. The molecule has 0 aliphatic carbocycles. The molecule has 0 fully saturated rings. The average molecular weight is 363 g/mol. The number of anilines is 1. The van der Waals surface area contributed by atoms with Crippen molar-refractivity contribution in [3.8, 4) is 11.3 Å². The summed E-state index contributed by atoms with van der Waals surface area (Å²) in [5, 5.41) is 7.50. The first-order chi connectivity index (χ1) is 12.4. The van der Waals surface area contributed by atoms with Crippen LogP contribution >= 0.6 is 11.8 Å². The van der Waals surface area contributed by atoms with Crippen molar-refractivity contribution in [1.29, 1.82) is 0 Å². The third-order valence-corrected chi connectivity index (χ3v) is 5.01. The maximum Gasteiger partial charge on any atom is 0.130 e. The molecule has 3 aromatic rings. The highest BCUT2D eigenvalue weighted by Crippen LogP contribution is 2.27. The molecule has 26 heavy (non-hydrogen) atoms. The molecule has 0 spiro atoms. The summed E-state index contributed by atoms with van der Waals surface area (Å²) in [6.45, 7) is 12.2. The van der Waals surface area contributed by atoms with Gasteiger partial charge in [0.2, 0.25) is 0 Å². The number of rotatable bonds is 6. The largest absolute Gasteiger partial charge is 0.340 e. The molecule has 1 aromatic carbocycles. The summed E-state index contributed by atoms with van der Waals surface area (Å²) in [7, 11) is 1.99. The third-order valence-electron chi connectivity index (χ3n) is 3.89. The summed E-state index contributed by atoms with van der Waals surface area (Å²) in [6, 6.07) is 8.34. The Labute approximate surface area is 158 Å². The van der Waals surface area contributed by atoms with Crippen molar-refractivity contribution < 1.29 is 0 Å². The van der Waals surface area contributed by atoms with E-state index < -0.39 is 0 Å². The van der Waals surface area contributed by atoms with Crippen molar-refractivity contribution in [2.45, 2.75) is 13.8 Å². The van der Waals surface area contributed by atoms with Crippen molar-refractivity contribution in [3.63, 3.8) is 0 Å². The molecule has 0 radical (unpaired) electrons. The predicted molar refractivity (Wildman–Crippen MR) is 113 cm³/mol. The molecule has 2 aromatic heterocycles. The van der Waals surface area contributed by atoms with Gasteiger partial charge in [0.1, 0.15) is 5.82 Å². The smallest absolute Gasteiger partial charge is 0.130 e. The molecule has 1 N–H and O–H groups in total. The highest BCUT2D eigenvalue weighted by atomic mass is 32.2. The van der Waals surface area contributed by atoms with Crippen LogP contribution in [0.15, 0.2) is 77.7 Å². The molecule has 0 aliphatic heterocycles. The Balaban J connectivity index is 1.84. The first-order valence-corrected chi connectivity index (χ1v) is 9.14. The zero-order valence-electron chi connectivity index (χ0n) is 15.3. The summed E-state index contributed by atoms with van der Waals surface area (Å²) in [5.74, 6) is 0.753. The van der Waals surface area contributed by atoms with Crippen LogP contribution in [-0.2, 0) is 7.05 Å². The molecule has 0 aliphatic rings. The Kier molecular flexibility index (Phi) is 5.28. The van der Waals surface area contributed by atoms with Crippen LogP contribution in [0.5, 0.6) is 0 Å². The van der Waals surface area contributed by atoms with E-state index in [1.165, 1.54) is 5.57 Å². The standard InChI is InChI=1S/C21H22N4S/c1-14(2)12-26-16(4)15(3)24-21-9-19-8-17(6-7-18(19)10-23-21)20-11-22-13-25(20)5/h6-13H,3-4H2,1-2,5H3,(H,23,24). The number of nitrogens with zero attached hydrogens (tertiary/aromatic N) is 3. The fraction of sp³-hybridized carbons (Fsp3) is 0.143. The molecule has 3 rings (SSSR count). The van der Waals surface area contributed by atoms with E-state index in [2.05, 4.69) is 65.9 Å². The lowest BCUT2D eigenvalue weighted by atomic mass is 10.1. The molecule has 4 nitrogen and oxygen atoms in total. The molecule has 5 heteroatoms. The van der Waals surface area contributed by atoms with Gasteiger partial charge >= 0.3 is 0 Å². The van der Waals surface area contributed by atoms with Gasteiger partial charge in [-0.3, -0.25) is 0 Å². The van der Waals surface area contributed by atoms with Gasteiger partial charge in [-0.05, 0) is 36.8 Å². The fourth-order valence-electron chi connectivity index (χ4n) is 2.49. The summed E-state index contributed by atoms with van der Waals surface area (Å²) in [5.41, 5.74) is 4.18. The van der Waals surface area contributed by atoms with Crippen LogP contribution in [0.1, 0.15) is 13.8 Å². The Morgan fingerprint density at radius 3 is 2.65 bits per heavy atom. The number of allylic oxidation sites excluding steroid dienone is 1. The van der Waals surface area contributed by atoms with E-state index in [0.717, 1.165) is 38.4 Å². The summed E-state index contributed by atoms with van der Waals surface area (Å²) in [4.78, 5) is 9.55. The molecule has 0 saturated heterocycles. The van der Waals surface area contributed by atoms with Gasteiger partial charge in [0.15, 0.2) is 0 Å². The van der Waals surface area contributed by atoms with E-state index in [9.17, 15) is 0 Å². The normalized spacial score (nSPS) is 10.6. The van der Waals surface area contributed by atoms with E-state index in [4.69, 9.17) is 0 Å². The number of fused-ring (bicyclic) bond motifs is 1. The van der Waals surface area contributed by atoms with Crippen LogP contribution in [0, 0.1) is 0 Å². The maximum absolute atomic E-state index is 4.48. The van der Waals surface area contributed by atoms with Crippen molar-refractivity contribution in [2.75, 3.05) is 5.32 Å². The van der Waals surface area contributed by atoms with Crippen molar-refractivity contribution in [3.05, 3.63) is 77.7 Å². The van der Waals surface area contributed by atoms with Crippen LogP contribution < -0.4 is 5.32 Å². The third kappa shape index (κ3) is 4.06. The van der Waals surface area contributed by atoms with E-state index >= 15 is 0 Å². The summed E-state index contributed by atoms with van der Waals surface area (Å²) >= 11 is 1.56. The number of hydrogen-bond donors (Lipinski definition) is 1. The second kappa shape index (κ2) is 7.62. The molecule has 2 heterocycles. The van der Waals surface area contributed by atoms with Gasteiger partial charge in [0, 0.05) is 34.8 Å². The minimum absolute atomic E-state index is 0.752. The molecule has 0 bridgehead atoms. The number of hydrogen-bond acceptors (Lipinski definition) is 4. The lowest BCUT2D eigenvalue weighted by Crippen LogP contribution is -2.00. The monoisotopic (exact) mass is 362 g/mol. The van der Waals surface area contributed by atoms with E-state index in [0.29, 0.717) is 0 Å². The highest BCUT2D eigenvalue weighted by Gasteiger charge is 2.06. The lowest BCUT2D eigenvalue weighted by Gasteiger charge is -2.11. The number of pyridine rings is 1. The van der Waals surface area contributed by atoms with Gasteiger partial charge in [0.25, 0.3) is 0 Å². The van der Waals surface area contributed by atoms with Crippen LogP contribution in [0.3, 0.4) is 0 Å². The van der Waals surface area contributed by atoms with Crippen LogP contribution in [0.4, 0.5) is 5.82 Å². The van der Waals surface area contributed by atoms with Crippen LogP contribution in [0.25, 0.3) is 22.0 Å². The first kappa shape index (κ1) is 18.0. The van der Waals surface area contributed by atoms with E-state index in [1.54, 1.807) is 18.1 Å². The van der Waals surface area contributed by atoms with Crippen molar-refractivity contribution in [1.82, 2.24) is 14.5 Å². The van der Waals surface area contributed by atoms with Crippen molar-refractivity contribution in [2.24, 2.45) is 7.05 Å². The van der Waals surface area contributed by atoms with E-state index in [1.807, 2.05) is 30.1 Å². The number of aromatic nitrogens is 3. The minimum atomic E-state index is 0.752. The maximum atomic E-state index is 4.48. The number of thioether (sulfide) groups is 1. The van der Waals surface area contributed by atoms with Gasteiger partial charge in [-0.2, -0.15) is 0 Å². The quantitative estimate of drug-likeness (QED) is 0.569. The highest BCUT2D eigenvalue weighted by molar-refractivity contribution is 8.06. The minimum Gasteiger partial charge on any atom is -0.340 e. The van der Waals surface area contributed by atoms with Crippen LogP contribution in [0.2, 0.25) is 0 Å². The Morgan fingerprint density at radius 1 is 1.15 bits per heavy atom. The fourth-order valence-corrected chi connectivity index (χ4v) is 3.06. The molecule has 132 valence electrons. The van der Waals surface area contributed by atoms with E-state index in [-0.39, 0.29) is 0 Å². The Hall–Kier alpha value is -2.79. The molecule has 0 atom stereocenters. The summed E-state index contributed by atoms with van der Waals surface area (Å²) in [6.07, 6.45) is 5.54. The lowest BCUT2D eigenvalue weighted by molar-refractivity contribution is 0.921. The zero-order valence-corrected chi connectivity index (χ0v) is 16.1. The number of imidazole rings is 1. The topological polar surface area (TPSA) is 42.7 Å². The Bertz CT molecular complexity index is 1010. The molecule has 0 amide bonds. The van der Waals surface area contributed by atoms with Crippen LogP contribution in [-0.4, -0.2) is 14.5 Å². The molecular weight excluding hydrogens is 340 g/mol. The Morgan fingerprint density at radius 2 is 1.96 bits per heavy atom. The van der Waals surface area contributed by atoms with Gasteiger partial charge in [-0.15, -0.1) is 0 Å². The molecular formula is C21H22N4S. The zero-order chi connectivity index (χ0) is 18.7. The van der Waals surface area contributed by atoms with Gasteiger partial charge in [-0.25, -0.2) is 9.97 Å². The molecule has 0 unspecified atom stereocenters. The average Bonchev–Trinajstić information content (AvgIpc) is 3.04. The SMILES string of the molecule is C=C(Nc1cc2cc(-c3cncn3C)ccc2cn1)C(=C)SC=C(C)C. The first-order valence-electron chi connectivity index (χ1n) is 8.26. The second-order valence-corrected chi connectivity index (χ2v) is 7.33. The predicted octanol–water partition coefficient (Wildman–Crippen LogP) is 5.73. The molecule has 0 saturated carbocycles. The summed E-state index contributed by atoms with van der Waals surface area (Å²) < 4.78 is 2.01. The van der Waals surface area contributed by atoms with Gasteiger partial charge in [-0.1, -0.05) is 42.6 Å². The van der Waals surface area contributed by atoms with Gasteiger partial charge in [0.05, 0.1) is 18.2 Å². The number of aryl methyl sites for hydroxylation is 1. The number of benzene rings is 1. The van der Waals surface area contributed by atoms with Crippen molar-refractivity contribution >= 4 is 28.4 Å². The van der Waals surface area contributed by atoms with Gasteiger partial charge < -0.3 is 9.88 Å². The second-order valence-electron chi connectivity index (χ2n) is 6.36.